The van der Waals surface area contributed by atoms with Gasteiger partial charge in [0, 0.05) is 29.6 Å². The molecule has 0 aliphatic rings. The van der Waals surface area contributed by atoms with Crippen LogP contribution in [-0.4, -0.2) is 21.5 Å². The van der Waals surface area contributed by atoms with E-state index in [2.05, 4.69) is 10.4 Å². The number of nitrogens with zero attached hydrogens (tertiary/aromatic N) is 2. The first-order valence-corrected chi connectivity index (χ1v) is 6.78. The summed E-state index contributed by atoms with van der Waals surface area (Å²) in [6, 6.07) is 6.94. The number of hydrogen-bond acceptors (Lipinski definition) is 3. The fourth-order valence-electron chi connectivity index (χ4n) is 2.25. The van der Waals surface area contributed by atoms with Gasteiger partial charge in [0.2, 0.25) is 5.91 Å². The van der Waals surface area contributed by atoms with Crippen molar-refractivity contribution in [3.05, 3.63) is 46.8 Å². The molecule has 1 amide bonds. The van der Waals surface area contributed by atoms with Crippen LogP contribution in [0.3, 0.4) is 0 Å². The second-order valence-corrected chi connectivity index (χ2v) is 5.13. The summed E-state index contributed by atoms with van der Waals surface area (Å²) in [7, 11) is 1.86. The molecule has 0 aliphatic carbocycles. The van der Waals surface area contributed by atoms with Crippen molar-refractivity contribution < 1.29 is 9.59 Å². The number of ketones is 1. The Hall–Kier alpha value is -2.43. The maximum atomic E-state index is 12.1. The number of nitrogens with one attached hydrogen (secondary N) is 1. The molecule has 0 spiro atoms. The van der Waals surface area contributed by atoms with E-state index in [1.807, 2.05) is 20.9 Å². The van der Waals surface area contributed by atoms with Gasteiger partial charge in [-0.05, 0) is 32.9 Å². The lowest BCUT2D eigenvalue weighted by Crippen LogP contribution is -2.15. The minimum absolute atomic E-state index is 0.0231. The number of aromatic nitrogens is 2. The zero-order chi connectivity index (χ0) is 15.6. The number of benzene rings is 1. The quantitative estimate of drug-likeness (QED) is 0.877. The van der Waals surface area contributed by atoms with Crippen molar-refractivity contribution in [2.45, 2.75) is 27.2 Å². The van der Waals surface area contributed by atoms with Gasteiger partial charge in [-0.1, -0.05) is 12.1 Å². The number of hydrogen-bond donors (Lipinski definition) is 1. The summed E-state index contributed by atoms with van der Waals surface area (Å²) in [5.41, 5.74) is 4.01. The number of carbonyl (C=O) groups is 2. The highest BCUT2D eigenvalue weighted by atomic mass is 16.1. The van der Waals surface area contributed by atoms with Gasteiger partial charge in [0.25, 0.3) is 0 Å². The highest BCUT2D eigenvalue weighted by Crippen LogP contribution is 2.15. The summed E-state index contributed by atoms with van der Waals surface area (Å²) < 4.78 is 1.77. The van der Waals surface area contributed by atoms with E-state index in [1.165, 1.54) is 6.92 Å². The van der Waals surface area contributed by atoms with Gasteiger partial charge in [-0.2, -0.15) is 5.10 Å². The van der Waals surface area contributed by atoms with E-state index in [0.29, 0.717) is 11.3 Å². The van der Waals surface area contributed by atoms with Gasteiger partial charge >= 0.3 is 0 Å². The molecule has 2 aromatic rings. The predicted octanol–water partition coefficient (Wildman–Crippen LogP) is 2.42. The van der Waals surface area contributed by atoms with E-state index < -0.39 is 0 Å². The fourth-order valence-corrected chi connectivity index (χ4v) is 2.25. The van der Waals surface area contributed by atoms with Crippen molar-refractivity contribution in [1.82, 2.24) is 9.78 Å². The molecule has 0 saturated heterocycles. The lowest BCUT2D eigenvalue weighted by atomic mass is 10.1. The molecule has 0 saturated carbocycles. The van der Waals surface area contributed by atoms with Crippen LogP contribution in [0, 0.1) is 13.8 Å². The zero-order valence-electron chi connectivity index (χ0n) is 12.7. The van der Waals surface area contributed by atoms with Gasteiger partial charge in [0.1, 0.15) is 0 Å². The number of amides is 1. The predicted molar refractivity (Wildman–Crippen MR) is 81.5 cm³/mol. The number of anilines is 1. The maximum Gasteiger partial charge on any atom is 0.228 e. The van der Waals surface area contributed by atoms with Crippen LogP contribution < -0.4 is 5.32 Å². The number of carbonyl (C=O) groups excluding carboxylic acids is 2. The first-order valence-electron chi connectivity index (χ1n) is 6.78. The molecule has 5 nitrogen and oxygen atoms in total. The molecule has 110 valence electrons. The normalized spacial score (nSPS) is 10.5. The minimum atomic E-state index is -0.116. The Labute approximate surface area is 124 Å². The third-order valence-corrected chi connectivity index (χ3v) is 3.55. The Balaban J connectivity index is 2.12. The first kappa shape index (κ1) is 15.0. The van der Waals surface area contributed by atoms with Gasteiger partial charge in [0.05, 0.1) is 12.1 Å². The van der Waals surface area contributed by atoms with Crippen LogP contribution >= 0.6 is 0 Å². The molecule has 21 heavy (non-hydrogen) atoms. The van der Waals surface area contributed by atoms with Crippen molar-refractivity contribution in [3.63, 3.8) is 0 Å². The molecule has 0 bridgehead atoms. The summed E-state index contributed by atoms with van der Waals surface area (Å²) >= 11 is 0. The molecule has 0 atom stereocenters. The molecule has 0 fully saturated rings. The topological polar surface area (TPSA) is 64.0 Å². The molecule has 1 heterocycles. The van der Waals surface area contributed by atoms with Gasteiger partial charge in [-0.25, -0.2) is 0 Å². The van der Waals surface area contributed by atoms with Crippen LogP contribution in [-0.2, 0) is 18.3 Å². The summed E-state index contributed by atoms with van der Waals surface area (Å²) in [5, 5.41) is 7.12. The lowest BCUT2D eigenvalue weighted by Gasteiger charge is -2.07. The monoisotopic (exact) mass is 285 g/mol. The Kier molecular flexibility index (Phi) is 4.21. The molecule has 0 radical (unpaired) electrons. The summed E-state index contributed by atoms with van der Waals surface area (Å²) in [4.78, 5) is 23.5. The van der Waals surface area contributed by atoms with Crippen LogP contribution in [0.25, 0.3) is 0 Å². The van der Waals surface area contributed by atoms with E-state index in [-0.39, 0.29) is 18.1 Å². The van der Waals surface area contributed by atoms with Gasteiger partial charge in [-0.3, -0.25) is 14.3 Å². The van der Waals surface area contributed by atoms with Crippen LogP contribution in [0.2, 0.25) is 0 Å². The van der Waals surface area contributed by atoms with Crippen molar-refractivity contribution in [1.29, 1.82) is 0 Å². The molecule has 0 aliphatic heterocycles. The smallest absolute Gasteiger partial charge is 0.228 e. The van der Waals surface area contributed by atoms with Crippen LogP contribution in [0.4, 0.5) is 5.69 Å². The number of aryl methyl sites for hydroxylation is 2. The lowest BCUT2D eigenvalue weighted by molar-refractivity contribution is -0.115. The second-order valence-electron chi connectivity index (χ2n) is 5.13. The van der Waals surface area contributed by atoms with Crippen LogP contribution in [0.15, 0.2) is 24.3 Å². The largest absolute Gasteiger partial charge is 0.326 e. The Bertz CT molecular complexity index is 702. The third kappa shape index (κ3) is 3.37. The number of rotatable bonds is 4. The van der Waals surface area contributed by atoms with E-state index in [9.17, 15) is 9.59 Å². The molecule has 2 rings (SSSR count). The van der Waals surface area contributed by atoms with Crippen LogP contribution in [0.5, 0.6) is 0 Å². The highest BCUT2D eigenvalue weighted by molar-refractivity contribution is 5.97. The second kappa shape index (κ2) is 5.91. The molecule has 1 aromatic carbocycles. The van der Waals surface area contributed by atoms with Gasteiger partial charge < -0.3 is 5.32 Å². The Morgan fingerprint density at radius 2 is 2.00 bits per heavy atom. The molecule has 1 aromatic heterocycles. The standard InChI is InChI=1S/C16H19N3O2/c1-10-15(11(2)19(4)18-10)9-16(21)17-14-7-5-6-13(8-14)12(3)20/h5-8H,9H2,1-4H3,(H,17,21). The third-order valence-electron chi connectivity index (χ3n) is 3.55. The SMILES string of the molecule is CC(=O)c1cccc(NC(=O)Cc2c(C)nn(C)c2C)c1. The zero-order valence-corrected chi connectivity index (χ0v) is 12.7. The van der Waals surface area contributed by atoms with Crippen molar-refractivity contribution in [2.75, 3.05) is 5.32 Å². The summed E-state index contributed by atoms with van der Waals surface area (Å²) in [5.74, 6) is -0.139. The van der Waals surface area contributed by atoms with Crippen molar-refractivity contribution >= 4 is 17.4 Å². The average molecular weight is 285 g/mol. The van der Waals surface area contributed by atoms with E-state index >= 15 is 0 Å². The number of Topliss-reactive ketones (excluding diaryl/α,β-unsaturated/α-hetero) is 1. The fraction of sp³-hybridized carbons (Fsp3) is 0.312. The van der Waals surface area contributed by atoms with Crippen LogP contribution in [0.1, 0.15) is 34.2 Å². The van der Waals surface area contributed by atoms with E-state index in [0.717, 1.165) is 17.0 Å². The maximum absolute atomic E-state index is 12.1. The van der Waals surface area contributed by atoms with E-state index in [4.69, 9.17) is 0 Å². The summed E-state index contributed by atoms with van der Waals surface area (Å²) in [6.45, 7) is 5.34. The highest BCUT2D eigenvalue weighted by Gasteiger charge is 2.13. The first-order chi connectivity index (χ1) is 9.88. The Morgan fingerprint density at radius 1 is 1.29 bits per heavy atom. The average Bonchev–Trinajstić information content (AvgIpc) is 2.65. The van der Waals surface area contributed by atoms with Crippen molar-refractivity contribution in [3.8, 4) is 0 Å². The van der Waals surface area contributed by atoms with Gasteiger partial charge in [0.15, 0.2) is 5.78 Å². The van der Waals surface area contributed by atoms with Gasteiger partial charge in [-0.15, -0.1) is 0 Å². The minimum Gasteiger partial charge on any atom is -0.326 e. The molecule has 1 N–H and O–H groups in total. The molecule has 0 unspecified atom stereocenters. The molecular weight excluding hydrogens is 266 g/mol. The summed E-state index contributed by atoms with van der Waals surface area (Å²) in [6.07, 6.45) is 0.274. The molecular formula is C16H19N3O2. The molecule has 5 heteroatoms. The Morgan fingerprint density at radius 3 is 2.57 bits per heavy atom. The van der Waals surface area contributed by atoms with E-state index in [1.54, 1.807) is 28.9 Å². The van der Waals surface area contributed by atoms with Crippen molar-refractivity contribution in [2.24, 2.45) is 7.05 Å².